The fraction of sp³-hybridized carbons (Fsp3) is 0.355. The third-order valence-electron chi connectivity index (χ3n) is 7.01. The van der Waals surface area contributed by atoms with Crippen molar-refractivity contribution in [3.8, 4) is 0 Å². The molecular weight excluding hydrogens is 581 g/mol. The van der Waals surface area contributed by atoms with Gasteiger partial charge in [-0.15, -0.1) is 0 Å². The molecule has 3 rings (SSSR count). The maximum Gasteiger partial charge on any atom is 0.264 e. The number of nitrogens with one attached hydrogen (secondary N) is 1. The van der Waals surface area contributed by atoms with Crippen molar-refractivity contribution in [3.05, 3.63) is 93.5 Å². The molecule has 0 saturated heterocycles. The summed E-state index contributed by atoms with van der Waals surface area (Å²) >= 11 is 12.6. The Morgan fingerprint density at radius 3 is 2.17 bits per heavy atom. The minimum absolute atomic E-state index is 0.00649. The van der Waals surface area contributed by atoms with Gasteiger partial charge in [-0.1, -0.05) is 79.0 Å². The van der Waals surface area contributed by atoms with E-state index in [2.05, 4.69) is 5.32 Å². The van der Waals surface area contributed by atoms with Crippen molar-refractivity contribution in [1.29, 1.82) is 0 Å². The first kappa shape index (κ1) is 32.4. The van der Waals surface area contributed by atoms with E-state index in [4.69, 9.17) is 23.2 Å². The van der Waals surface area contributed by atoms with Gasteiger partial charge in [0.1, 0.15) is 12.6 Å². The first-order chi connectivity index (χ1) is 19.4. The number of halogens is 2. The SMILES string of the molecule is CCC(C)NC(=O)C(CC)N(Cc1ccc(Cl)cc1Cl)C(=O)CN(c1ccccc1C)S(=O)(=O)c1ccc(C)cc1. The summed E-state index contributed by atoms with van der Waals surface area (Å²) < 4.78 is 29.1. The topological polar surface area (TPSA) is 86.8 Å². The van der Waals surface area contributed by atoms with Gasteiger partial charge in [-0.2, -0.15) is 0 Å². The van der Waals surface area contributed by atoms with E-state index in [0.717, 1.165) is 16.3 Å². The summed E-state index contributed by atoms with van der Waals surface area (Å²) in [4.78, 5) is 29.0. The molecule has 0 aromatic heterocycles. The average molecular weight is 619 g/mol. The maximum absolute atomic E-state index is 14.2. The Morgan fingerprint density at radius 1 is 0.927 bits per heavy atom. The summed E-state index contributed by atoms with van der Waals surface area (Å²) in [5, 5.41) is 3.74. The Morgan fingerprint density at radius 2 is 1.59 bits per heavy atom. The molecule has 0 bridgehead atoms. The highest BCUT2D eigenvalue weighted by molar-refractivity contribution is 7.92. The van der Waals surface area contributed by atoms with Gasteiger partial charge in [0.2, 0.25) is 11.8 Å². The van der Waals surface area contributed by atoms with Crippen LogP contribution in [0.2, 0.25) is 10.0 Å². The van der Waals surface area contributed by atoms with Crippen LogP contribution in [0.5, 0.6) is 0 Å². The summed E-state index contributed by atoms with van der Waals surface area (Å²) in [5.74, 6) is -0.856. The van der Waals surface area contributed by atoms with E-state index in [1.54, 1.807) is 61.5 Å². The van der Waals surface area contributed by atoms with Crippen LogP contribution in [-0.2, 0) is 26.2 Å². The number of hydrogen-bond donors (Lipinski definition) is 1. The molecule has 0 aliphatic rings. The number of anilines is 1. The molecule has 0 aliphatic carbocycles. The van der Waals surface area contributed by atoms with Crippen molar-refractivity contribution in [3.63, 3.8) is 0 Å². The van der Waals surface area contributed by atoms with Gasteiger partial charge in [0.15, 0.2) is 0 Å². The Labute approximate surface area is 253 Å². The number of rotatable bonds is 12. The van der Waals surface area contributed by atoms with Crippen LogP contribution in [0.4, 0.5) is 5.69 Å². The summed E-state index contributed by atoms with van der Waals surface area (Å²) in [6.07, 6.45) is 1.03. The Kier molecular flexibility index (Phi) is 11.2. The van der Waals surface area contributed by atoms with Crippen molar-refractivity contribution in [2.75, 3.05) is 10.8 Å². The molecule has 0 saturated carbocycles. The molecule has 0 radical (unpaired) electrons. The maximum atomic E-state index is 14.2. The zero-order valence-corrected chi connectivity index (χ0v) is 26.4. The van der Waals surface area contributed by atoms with E-state index in [9.17, 15) is 18.0 Å². The Hall–Kier alpha value is -3.07. The standard InChI is InChI=1S/C31H37Cl2N3O4S/c1-6-23(5)34-31(38)28(7-2)35(19-24-14-15-25(32)18-27(24)33)30(37)20-36(29-11-9-8-10-22(29)4)41(39,40)26-16-12-21(3)13-17-26/h8-18,23,28H,6-7,19-20H2,1-5H3,(H,34,38). The van der Waals surface area contributed by atoms with Crippen LogP contribution in [0.15, 0.2) is 71.6 Å². The van der Waals surface area contributed by atoms with E-state index < -0.39 is 28.5 Å². The number of para-hydroxylation sites is 1. The molecule has 41 heavy (non-hydrogen) atoms. The number of carbonyl (C=O) groups excluding carboxylic acids is 2. The molecule has 3 aromatic rings. The first-order valence-electron chi connectivity index (χ1n) is 13.6. The lowest BCUT2D eigenvalue weighted by molar-refractivity contribution is -0.140. The summed E-state index contributed by atoms with van der Waals surface area (Å²) in [6, 6.07) is 17.4. The third kappa shape index (κ3) is 8.03. The molecule has 0 heterocycles. The van der Waals surface area contributed by atoms with Crippen molar-refractivity contribution in [2.45, 2.75) is 71.0 Å². The van der Waals surface area contributed by atoms with Crippen LogP contribution >= 0.6 is 23.2 Å². The van der Waals surface area contributed by atoms with Crippen LogP contribution in [0.3, 0.4) is 0 Å². The van der Waals surface area contributed by atoms with Crippen molar-refractivity contribution < 1.29 is 18.0 Å². The monoisotopic (exact) mass is 617 g/mol. The molecule has 7 nitrogen and oxygen atoms in total. The predicted octanol–water partition coefficient (Wildman–Crippen LogP) is 6.53. The number of hydrogen-bond acceptors (Lipinski definition) is 4. The lowest BCUT2D eigenvalue weighted by Gasteiger charge is -2.34. The summed E-state index contributed by atoms with van der Waals surface area (Å²) in [6.45, 7) is 8.80. The van der Waals surface area contributed by atoms with Gasteiger partial charge < -0.3 is 10.2 Å². The molecule has 0 spiro atoms. The highest BCUT2D eigenvalue weighted by Gasteiger charge is 2.34. The molecule has 2 amide bonds. The minimum Gasteiger partial charge on any atom is -0.352 e. The average Bonchev–Trinajstić information content (AvgIpc) is 2.93. The Bertz CT molecular complexity index is 1480. The molecule has 2 atom stereocenters. The van der Waals surface area contributed by atoms with Crippen LogP contribution in [0.25, 0.3) is 0 Å². The molecule has 2 unspecified atom stereocenters. The highest BCUT2D eigenvalue weighted by atomic mass is 35.5. The first-order valence-corrected chi connectivity index (χ1v) is 15.8. The Balaban J connectivity index is 2.09. The van der Waals surface area contributed by atoms with E-state index in [1.165, 1.54) is 17.0 Å². The lowest BCUT2D eigenvalue weighted by Crippen LogP contribution is -2.53. The van der Waals surface area contributed by atoms with Crippen LogP contribution < -0.4 is 9.62 Å². The molecule has 1 N–H and O–H groups in total. The summed E-state index contributed by atoms with van der Waals surface area (Å²) in [7, 11) is -4.14. The number of amides is 2. The van der Waals surface area contributed by atoms with Gasteiger partial charge in [0.25, 0.3) is 10.0 Å². The number of aryl methyl sites for hydroxylation is 2. The molecule has 10 heteroatoms. The second kappa shape index (κ2) is 14.2. The van der Waals surface area contributed by atoms with E-state index in [-0.39, 0.29) is 23.4 Å². The van der Waals surface area contributed by atoms with E-state index in [0.29, 0.717) is 33.3 Å². The van der Waals surface area contributed by atoms with Gasteiger partial charge in [0, 0.05) is 22.6 Å². The molecular formula is C31H37Cl2N3O4S. The molecule has 0 aliphatic heterocycles. The van der Waals surface area contributed by atoms with Gasteiger partial charge in [-0.25, -0.2) is 8.42 Å². The number of carbonyl (C=O) groups is 2. The molecule has 3 aromatic carbocycles. The molecule has 220 valence electrons. The van der Waals surface area contributed by atoms with Crippen molar-refractivity contribution >= 4 is 50.7 Å². The van der Waals surface area contributed by atoms with Gasteiger partial charge >= 0.3 is 0 Å². The van der Waals surface area contributed by atoms with Gasteiger partial charge in [0.05, 0.1) is 10.6 Å². The lowest BCUT2D eigenvalue weighted by atomic mass is 10.1. The second-order valence-electron chi connectivity index (χ2n) is 10.1. The zero-order chi connectivity index (χ0) is 30.3. The molecule has 0 fully saturated rings. The predicted molar refractivity (Wildman–Crippen MR) is 166 cm³/mol. The third-order valence-corrected chi connectivity index (χ3v) is 9.38. The second-order valence-corrected chi connectivity index (χ2v) is 12.8. The minimum atomic E-state index is -4.14. The van der Waals surface area contributed by atoms with E-state index >= 15 is 0 Å². The summed E-state index contributed by atoms with van der Waals surface area (Å²) in [5.41, 5.74) is 2.56. The number of benzene rings is 3. The van der Waals surface area contributed by atoms with Crippen LogP contribution in [-0.4, -0.2) is 43.8 Å². The number of nitrogens with zero attached hydrogens (tertiary/aromatic N) is 2. The normalized spacial score (nSPS) is 12.9. The van der Waals surface area contributed by atoms with Crippen LogP contribution in [0, 0.1) is 13.8 Å². The fourth-order valence-corrected chi connectivity index (χ4v) is 6.34. The largest absolute Gasteiger partial charge is 0.352 e. The van der Waals surface area contributed by atoms with Crippen molar-refractivity contribution in [1.82, 2.24) is 10.2 Å². The fourth-order valence-electron chi connectivity index (χ4n) is 4.39. The van der Waals surface area contributed by atoms with Gasteiger partial charge in [-0.05, 0) is 75.1 Å². The smallest absolute Gasteiger partial charge is 0.264 e. The van der Waals surface area contributed by atoms with Crippen LogP contribution in [0.1, 0.15) is 50.3 Å². The highest BCUT2D eigenvalue weighted by Crippen LogP contribution is 2.29. The van der Waals surface area contributed by atoms with Crippen molar-refractivity contribution in [2.24, 2.45) is 0 Å². The van der Waals surface area contributed by atoms with Gasteiger partial charge in [-0.3, -0.25) is 13.9 Å². The number of sulfonamides is 1. The zero-order valence-electron chi connectivity index (χ0n) is 24.0. The quantitative estimate of drug-likeness (QED) is 0.250. The van der Waals surface area contributed by atoms with E-state index in [1.807, 2.05) is 27.7 Å².